The predicted octanol–water partition coefficient (Wildman–Crippen LogP) is 5.07. The fraction of sp³-hybridized carbons (Fsp3) is 0.200. The fourth-order valence-electron chi connectivity index (χ4n) is 2.90. The van der Waals surface area contributed by atoms with Crippen LogP contribution in [0.2, 0.25) is 15.1 Å². The van der Waals surface area contributed by atoms with Crippen molar-refractivity contribution >= 4 is 56.5 Å². The van der Waals surface area contributed by atoms with Crippen molar-refractivity contribution in [3.8, 4) is 16.9 Å². The summed E-state index contributed by atoms with van der Waals surface area (Å²) in [6.45, 7) is 1.73. The van der Waals surface area contributed by atoms with Gasteiger partial charge in [0.25, 0.3) is 0 Å². The number of halogens is 3. The summed E-state index contributed by atoms with van der Waals surface area (Å²) in [6.07, 6.45) is 1.03. The summed E-state index contributed by atoms with van der Waals surface area (Å²) in [4.78, 5) is 12.7. The van der Waals surface area contributed by atoms with Gasteiger partial charge in [-0.1, -0.05) is 46.9 Å². The van der Waals surface area contributed by atoms with Crippen LogP contribution in [0, 0.1) is 0 Å². The summed E-state index contributed by atoms with van der Waals surface area (Å²) in [6, 6.07) is 11.4. The molecule has 0 fully saturated rings. The molecule has 0 spiro atoms. The van der Waals surface area contributed by atoms with E-state index in [0.29, 0.717) is 27.0 Å². The van der Waals surface area contributed by atoms with Gasteiger partial charge in [0.15, 0.2) is 5.69 Å². The van der Waals surface area contributed by atoms with Crippen molar-refractivity contribution < 1.29 is 17.9 Å². The van der Waals surface area contributed by atoms with Crippen LogP contribution in [-0.4, -0.2) is 44.1 Å². The number of sulfonamides is 1. The minimum absolute atomic E-state index is 0.0503. The molecule has 0 aliphatic heterocycles. The largest absolute Gasteiger partial charge is 0.461 e. The number of esters is 1. The van der Waals surface area contributed by atoms with E-state index < -0.39 is 16.0 Å². The van der Waals surface area contributed by atoms with Crippen LogP contribution < -0.4 is 4.31 Å². The molecule has 0 saturated carbocycles. The lowest BCUT2D eigenvalue weighted by Gasteiger charge is -2.19. The molecular weight excluding hydrogens is 485 g/mol. The van der Waals surface area contributed by atoms with Crippen molar-refractivity contribution in [2.75, 3.05) is 24.2 Å². The van der Waals surface area contributed by atoms with Gasteiger partial charge in [0.2, 0.25) is 10.0 Å². The minimum atomic E-state index is -3.76. The third kappa shape index (κ3) is 4.82. The first-order valence-corrected chi connectivity index (χ1v) is 12.0. The minimum Gasteiger partial charge on any atom is -0.461 e. The molecule has 3 aromatic rings. The molecule has 7 nitrogen and oxygen atoms in total. The van der Waals surface area contributed by atoms with Gasteiger partial charge in [-0.2, -0.15) is 5.10 Å². The van der Waals surface area contributed by atoms with Gasteiger partial charge in [-0.3, -0.25) is 4.31 Å². The second-order valence-corrected chi connectivity index (χ2v) is 9.81. The van der Waals surface area contributed by atoms with E-state index in [-0.39, 0.29) is 23.0 Å². The van der Waals surface area contributed by atoms with Crippen LogP contribution in [-0.2, 0) is 14.8 Å². The van der Waals surface area contributed by atoms with Crippen LogP contribution in [0.15, 0.2) is 42.5 Å². The van der Waals surface area contributed by atoms with Crippen molar-refractivity contribution in [3.63, 3.8) is 0 Å². The third-order valence-electron chi connectivity index (χ3n) is 4.40. The third-order valence-corrected chi connectivity index (χ3v) is 6.36. The summed E-state index contributed by atoms with van der Waals surface area (Å²) in [7, 11) is -2.42. The van der Waals surface area contributed by atoms with Crippen LogP contribution in [0.5, 0.6) is 0 Å². The second kappa shape index (κ2) is 9.08. The molecule has 0 aliphatic carbocycles. The Kier molecular flexibility index (Phi) is 6.85. The average Bonchev–Trinajstić information content (AvgIpc) is 3.07. The smallest absolute Gasteiger partial charge is 0.361 e. The molecule has 0 saturated heterocycles. The molecule has 1 aromatic heterocycles. The van der Waals surface area contributed by atoms with Crippen molar-refractivity contribution in [1.29, 1.82) is 0 Å². The molecule has 1 heterocycles. The van der Waals surface area contributed by atoms with E-state index in [2.05, 4.69) is 5.10 Å². The number of hydrogen-bond donors (Lipinski definition) is 0. The maximum Gasteiger partial charge on any atom is 0.361 e. The molecule has 31 heavy (non-hydrogen) atoms. The van der Waals surface area contributed by atoms with E-state index >= 15 is 0 Å². The Hall–Kier alpha value is -2.26. The Labute approximate surface area is 195 Å². The molecule has 164 valence electrons. The van der Waals surface area contributed by atoms with E-state index in [1.165, 1.54) is 17.8 Å². The quantitative estimate of drug-likeness (QED) is 0.440. The Morgan fingerprint density at radius 2 is 1.71 bits per heavy atom. The molecule has 2 aromatic carbocycles. The molecule has 0 amide bonds. The highest BCUT2D eigenvalue weighted by Crippen LogP contribution is 2.39. The molecule has 0 unspecified atom stereocenters. The van der Waals surface area contributed by atoms with Gasteiger partial charge in [-0.15, -0.1) is 0 Å². The molecule has 11 heteroatoms. The molecule has 0 bridgehead atoms. The Balaban J connectivity index is 2.44. The number of carbonyl (C=O) groups is 1. The van der Waals surface area contributed by atoms with E-state index in [4.69, 9.17) is 39.5 Å². The van der Waals surface area contributed by atoms with Crippen LogP contribution in [0.1, 0.15) is 17.4 Å². The predicted molar refractivity (Wildman–Crippen MR) is 123 cm³/mol. The lowest BCUT2D eigenvalue weighted by Crippen LogP contribution is -2.27. The molecule has 0 aliphatic rings. The van der Waals surface area contributed by atoms with Crippen molar-refractivity contribution in [3.05, 3.63) is 63.2 Å². The average molecular weight is 503 g/mol. The van der Waals surface area contributed by atoms with E-state index in [1.54, 1.807) is 43.3 Å². The van der Waals surface area contributed by atoms with Gasteiger partial charge in [0.1, 0.15) is 5.69 Å². The molecule has 0 N–H and O–H groups in total. The Morgan fingerprint density at radius 1 is 1.10 bits per heavy atom. The van der Waals surface area contributed by atoms with E-state index in [1.807, 2.05) is 0 Å². The molecule has 0 atom stereocenters. The lowest BCUT2D eigenvalue weighted by molar-refractivity contribution is 0.0520. The highest BCUT2D eigenvalue weighted by molar-refractivity contribution is 7.92. The van der Waals surface area contributed by atoms with Gasteiger partial charge in [0.05, 0.1) is 29.3 Å². The summed E-state index contributed by atoms with van der Waals surface area (Å²) in [5.41, 5.74) is 1.15. The van der Waals surface area contributed by atoms with Crippen LogP contribution in [0.4, 0.5) is 5.69 Å². The number of nitrogens with zero attached hydrogens (tertiary/aromatic N) is 3. The van der Waals surface area contributed by atoms with Gasteiger partial charge in [-0.25, -0.2) is 17.9 Å². The maximum atomic E-state index is 12.7. The van der Waals surface area contributed by atoms with Gasteiger partial charge in [-0.05, 0) is 37.3 Å². The number of hydrogen-bond acceptors (Lipinski definition) is 5. The first kappa shape index (κ1) is 23.4. The van der Waals surface area contributed by atoms with Gasteiger partial charge < -0.3 is 4.74 Å². The number of benzene rings is 2. The summed E-state index contributed by atoms with van der Waals surface area (Å²) >= 11 is 18.5. The monoisotopic (exact) mass is 501 g/mol. The highest BCUT2D eigenvalue weighted by Gasteiger charge is 2.32. The molecular formula is C20H18Cl3N3O4S. The van der Waals surface area contributed by atoms with E-state index in [0.717, 1.165) is 10.6 Å². The van der Waals surface area contributed by atoms with Crippen molar-refractivity contribution in [2.45, 2.75) is 6.92 Å². The van der Waals surface area contributed by atoms with Gasteiger partial charge >= 0.3 is 5.97 Å². The number of anilines is 1. The Bertz CT molecular complexity index is 1240. The number of ether oxygens (including phenoxy) is 1. The topological polar surface area (TPSA) is 81.5 Å². The number of rotatable bonds is 6. The first-order chi connectivity index (χ1) is 14.5. The van der Waals surface area contributed by atoms with Crippen molar-refractivity contribution in [1.82, 2.24) is 9.78 Å². The lowest BCUT2D eigenvalue weighted by atomic mass is 10.1. The fourth-order valence-corrected chi connectivity index (χ4v) is 4.02. The number of aromatic nitrogens is 2. The molecule has 3 rings (SSSR count). The van der Waals surface area contributed by atoms with E-state index in [9.17, 15) is 13.2 Å². The molecule has 0 radical (unpaired) electrons. The van der Waals surface area contributed by atoms with Crippen LogP contribution >= 0.6 is 34.8 Å². The normalized spacial score (nSPS) is 11.4. The highest BCUT2D eigenvalue weighted by atomic mass is 35.5. The van der Waals surface area contributed by atoms with Gasteiger partial charge in [0, 0.05) is 22.7 Å². The second-order valence-electron chi connectivity index (χ2n) is 6.51. The summed E-state index contributed by atoms with van der Waals surface area (Å²) in [5.74, 6) is -0.771. The summed E-state index contributed by atoms with van der Waals surface area (Å²) in [5, 5.41) is 5.56. The standard InChI is InChI=1S/C20H18Cl3N3O4S/c1-4-30-20(27)17-19(25(2)31(3,28)29)18(12-5-7-13(21)8-6-12)26(24-17)16-10-9-14(22)11-15(16)23/h5-11H,4H2,1-3H3. The SMILES string of the molecule is CCOC(=O)c1nn(-c2ccc(Cl)cc2Cl)c(-c2ccc(Cl)cc2)c1N(C)S(C)(=O)=O. The zero-order valence-corrected chi connectivity index (χ0v) is 19.8. The Morgan fingerprint density at radius 3 is 2.26 bits per heavy atom. The van der Waals surface area contributed by atoms with Crippen LogP contribution in [0.25, 0.3) is 16.9 Å². The zero-order valence-electron chi connectivity index (χ0n) is 16.8. The maximum absolute atomic E-state index is 12.7. The van der Waals surface area contributed by atoms with Crippen LogP contribution in [0.3, 0.4) is 0 Å². The van der Waals surface area contributed by atoms with Crippen molar-refractivity contribution in [2.24, 2.45) is 0 Å². The first-order valence-electron chi connectivity index (χ1n) is 9.00. The summed E-state index contributed by atoms with van der Waals surface area (Å²) < 4.78 is 32.4. The number of carbonyl (C=O) groups excluding carboxylic acids is 1. The zero-order chi connectivity index (χ0) is 22.9.